The fourth-order valence-corrected chi connectivity index (χ4v) is 2.42. The molecule has 1 amide bonds. The van der Waals surface area contributed by atoms with Crippen molar-refractivity contribution in [2.45, 2.75) is 64.7 Å². The Hall–Kier alpha value is -0.560. The maximum Gasteiger partial charge on any atom is 1.00 e. The maximum absolute atomic E-state index is 11.9. The van der Waals surface area contributed by atoms with Gasteiger partial charge >= 0.3 is 35.7 Å². The molecular weight excluding hydrogens is 297 g/mol. The molecule has 1 N–H and O–H groups in total. The second kappa shape index (κ2) is 8.34. The van der Waals surface area contributed by atoms with Crippen LogP contribution in [0, 0.1) is 0 Å². The van der Waals surface area contributed by atoms with Crippen LogP contribution in [0.15, 0.2) is 11.6 Å². The third-order valence-electron chi connectivity index (χ3n) is 4.00. The molecule has 1 aliphatic heterocycles. The van der Waals surface area contributed by atoms with Crippen LogP contribution in [0.3, 0.4) is 0 Å². The zero-order valence-electron chi connectivity index (χ0n) is 14.1. The van der Waals surface area contributed by atoms with Gasteiger partial charge in [0, 0.05) is 12.5 Å². The number of ether oxygens (including phenoxy) is 1. The Morgan fingerprint density at radius 1 is 1.41 bits per heavy atom. The fraction of sp³-hybridized carbons (Fsp3) is 0.733. The van der Waals surface area contributed by atoms with E-state index < -0.39 is 23.4 Å². The molecule has 0 saturated carbocycles. The number of cyclic esters (lactones) is 1. The minimum atomic E-state index is -1.47. The molecule has 2 unspecified atom stereocenters. The zero-order valence-corrected chi connectivity index (χ0v) is 16.1. The summed E-state index contributed by atoms with van der Waals surface area (Å²) in [6.45, 7) is 7.31. The monoisotopic (exact) mass is 321 g/mol. The summed E-state index contributed by atoms with van der Waals surface area (Å²) in [5.74, 6) is -1.17. The molecule has 0 aliphatic carbocycles. The van der Waals surface area contributed by atoms with Gasteiger partial charge in [0.25, 0.3) is 0 Å². The van der Waals surface area contributed by atoms with Crippen molar-refractivity contribution in [2.24, 2.45) is 0 Å². The van der Waals surface area contributed by atoms with Gasteiger partial charge in [-0.2, -0.15) is 0 Å². The first kappa shape index (κ1) is 21.4. The van der Waals surface area contributed by atoms with Gasteiger partial charge in [-0.05, 0) is 53.4 Å². The summed E-state index contributed by atoms with van der Waals surface area (Å²) in [5.41, 5.74) is -1.32. The van der Waals surface area contributed by atoms with Crippen LogP contribution in [0.25, 0.3) is 0 Å². The third-order valence-corrected chi connectivity index (χ3v) is 4.00. The SMILES string of the molecule is CC(C)=CCCC1(C)OC(=O)N(CCCC(=O)[O-])C1(C)O.[Na+]. The number of amides is 1. The van der Waals surface area contributed by atoms with Crippen molar-refractivity contribution in [1.29, 1.82) is 0 Å². The Bertz CT molecular complexity index is 445. The van der Waals surface area contributed by atoms with E-state index in [9.17, 15) is 19.8 Å². The first-order chi connectivity index (χ1) is 9.60. The standard InChI is InChI=1S/C15H25NO5.Na/c1-11(2)7-5-9-14(3)15(4,20)16(13(19)21-14)10-6-8-12(17)18;/h7,20H,5-6,8-10H2,1-4H3,(H,17,18);/q;+1/p-1. The van der Waals surface area contributed by atoms with E-state index in [0.29, 0.717) is 12.8 Å². The van der Waals surface area contributed by atoms with Gasteiger partial charge in [-0.3, -0.25) is 4.90 Å². The van der Waals surface area contributed by atoms with E-state index in [0.717, 1.165) is 5.57 Å². The van der Waals surface area contributed by atoms with Gasteiger partial charge in [0.1, 0.15) is 0 Å². The molecular formula is C15H24NNaO5. The molecule has 0 bridgehead atoms. The number of aliphatic carboxylic acids is 1. The van der Waals surface area contributed by atoms with Crippen molar-refractivity contribution in [3.05, 3.63) is 11.6 Å². The predicted octanol–water partition coefficient (Wildman–Crippen LogP) is -1.81. The van der Waals surface area contributed by atoms with Crippen LogP contribution in [0.5, 0.6) is 0 Å². The Morgan fingerprint density at radius 3 is 2.50 bits per heavy atom. The normalized spacial score (nSPS) is 27.1. The summed E-state index contributed by atoms with van der Waals surface area (Å²) in [4.78, 5) is 23.6. The van der Waals surface area contributed by atoms with Crippen molar-refractivity contribution in [1.82, 2.24) is 4.90 Å². The van der Waals surface area contributed by atoms with Crippen LogP contribution < -0.4 is 34.7 Å². The molecule has 0 aromatic rings. The van der Waals surface area contributed by atoms with E-state index >= 15 is 0 Å². The van der Waals surface area contributed by atoms with Gasteiger partial charge in [0.15, 0.2) is 11.3 Å². The average molecular weight is 321 g/mol. The van der Waals surface area contributed by atoms with E-state index in [-0.39, 0.29) is 48.9 Å². The molecule has 0 aromatic carbocycles. The van der Waals surface area contributed by atoms with E-state index in [1.807, 2.05) is 19.9 Å². The first-order valence-corrected chi connectivity index (χ1v) is 7.16. The number of aliphatic hydroxyl groups is 1. The largest absolute Gasteiger partial charge is 1.00 e. The molecule has 1 aliphatic rings. The minimum Gasteiger partial charge on any atom is -0.550 e. The summed E-state index contributed by atoms with van der Waals surface area (Å²) in [6.07, 6.45) is 2.65. The molecule has 120 valence electrons. The Morgan fingerprint density at radius 2 is 2.00 bits per heavy atom. The van der Waals surface area contributed by atoms with Crippen LogP contribution in [-0.4, -0.2) is 39.9 Å². The molecule has 1 rings (SSSR count). The minimum absolute atomic E-state index is 0. The second-order valence-corrected chi connectivity index (χ2v) is 6.07. The van der Waals surface area contributed by atoms with E-state index in [2.05, 4.69) is 0 Å². The summed E-state index contributed by atoms with van der Waals surface area (Å²) in [6, 6.07) is 0. The number of carboxylic acid groups (broad SMARTS) is 1. The number of allylic oxidation sites excluding steroid dienone is 2. The molecule has 1 saturated heterocycles. The van der Waals surface area contributed by atoms with E-state index in [1.165, 1.54) is 11.8 Å². The maximum atomic E-state index is 11.9. The third kappa shape index (κ3) is 4.98. The van der Waals surface area contributed by atoms with Crippen LogP contribution in [-0.2, 0) is 9.53 Å². The number of hydrogen-bond donors (Lipinski definition) is 1. The number of carboxylic acids is 1. The number of rotatable bonds is 7. The van der Waals surface area contributed by atoms with Gasteiger partial charge in [0.2, 0.25) is 0 Å². The van der Waals surface area contributed by atoms with Gasteiger partial charge < -0.3 is 19.7 Å². The molecule has 6 nitrogen and oxygen atoms in total. The number of hydrogen-bond acceptors (Lipinski definition) is 5. The topological polar surface area (TPSA) is 89.9 Å². The number of nitrogens with zero attached hydrogens (tertiary/aromatic N) is 1. The Labute approximate surface area is 153 Å². The van der Waals surface area contributed by atoms with Gasteiger partial charge in [-0.15, -0.1) is 0 Å². The molecule has 1 heterocycles. The predicted molar refractivity (Wildman–Crippen MR) is 75.1 cm³/mol. The van der Waals surface area contributed by atoms with Crippen molar-refractivity contribution < 1.29 is 54.1 Å². The fourth-order valence-electron chi connectivity index (χ4n) is 2.42. The molecule has 0 radical (unpaired) electrons. The molecule has 0 aromatic heterocycles. The number of carbonyl (C=O) groups excluding carboxylic acids is 2. The summed E-state index contributed by atoms with van der Waals surface area (Å²) in [7, 11) is 0. The van der Waals surface area contributed by atoms with Crippen LogP contribution in [0.4, 0.5) is 4.79 Å². The van der Waals surface area contributed by atoms with Crippen molar-refractivity contribution in [3.8, 4) is 0 Å². The van der Waals surface area contributed by atoms with Crippen LogP contribution in [0.2, 0.25) is 0 Å². The molecule has 22 heavy (non-hydrogen) atoms. The van der Waals surface area contributed by atoms with Gasteiger partial charge in [-0.1, -0.05) is 11.6 Å². The molecule has 0 spiro atoms. The average Bonchev–Trinajstić information content (AvgIpc) is 2.48. The Kier molecular flexibility index (Phi) is 8.12. The summed E-state index contributed by atoms with van der Waals surface area (Å²) >= 11 is 0. The van der Waals surface area contributed by atoms with Crippen LogP contribution >= 0.6 is 0 Å². The molecule has 1 fully saturated rings. The quantitative estimate of drug-likeness (QED) is 0.441. The van der Waals surface area contributed by atoms with Crippen molar-refractivity contribution in [2.75, 3.05) is 6.54 Å². The number of carbonyl (C=O) groups is 2. The van der Waals surface area contributed by atoms with E-state index in [4.69, 9.17) is 4.74 Å². The summed E-state index contributed by atoms with van der Waals surface area (Å²) in [5, 5.41) is 21.1. The molecule has 7 heteroatoms. The first-order valence-electron chi connectivity index (χ1n) is 7.16. The summed E-state index contributed by atoms with van der Waals surface area (Å²) < 4.78 is 5.36. The van der Waals surface area contributed by atoms with Gasteiger partial charge in [-0.25, -0.2) is 4.79 Å². The van der Waals surface area contributed by atoms with Crippen molar-refractivity contribution in [3.63, 3.8) is 0 Å². The van der Waals surface area contributed by atoms with Crippen molar-refractivity contribution >= 4 is 12.1 Å². The van der Waals surface area contributed by atoms with E-state index in [1.54, 1.807) is 6.92 Å². The molecule has 2 atom stereocenters. The second-order valence-electron chi connectivity index (χ2n) is 6.07. The Balaban J connectivity index is 0.00000441. The van der Waals surface area contributed by atoms with Crippen LogP contribution in [0.1, 0.15) is 53.4 Å². The smallest absolute Gasteiger partial charge is 0.550 e. The van der Waals surface area contributed by atoms with Gasteiger partial charge in [0.05, 0.1) is 0 Å². The zero-order chi connectivity index (χ0) is 16.3.